The van der Waals surface area contributed by atoms with Gasteiger partial charge in [-0.3, -0.25) is 0 Å². The summed E-state index contributed by atoms with van der Waals surface area (Å²) in [5.41, 5.74) is -0.186. The molecule has 0 fully saturated rings. The third-order valence-corrected chi connectivity index (χ3v) is 2.60. The van der Waals surface area contributed by atoms with E-state index in [0.717, 1.165) is 12.1 Å². The second-order valence-electron chi connectivity index (χ2n) is 2.79. The molecule has 0 aliphatic rings. The van der Waals surface area contributed by atoms with Crippen LogP contribution in [-0.4, -0.2) is 9.53 Å². The van der Waals surface area contributed by atoms with Crippen molar-refractivity contribution in [3.63, 3.8) is 0 Å². The highest BCUT2D eigenvalue weighted by molar-refractivity contribution is 14.1. The molecule has 1 N–H and O–H groups in total. The third-order valence-electron chi connectivity index (χ3n) is 1.77. The van der Waals surface area contributed by atoms with E-state index in [9.17, 15) is 18.3 Å². The summed E-state index contributed by atoms with van der Waals surface area (Å²) in [4.78, 5) is 0. The lowest BCUT2D eigenvalue weighted by Crippen LogP contribution is -2.05. The molecule has 0 spiro atoms. The first-order chi connectivity index (χ1) is 6.45. The largest absolute Gasteiger partial charge is 0.416 e. The maximum Gasteiger partial charge on any atom is 0.416 e. The zero-order valence-corrected chi connectivity index (χ0v) is 9.21. The number of halogens is 4. The molecule has 1 atom stereocenters. The lowest BCUT2D eigenvalue weighted by atomic mass is 10.1. The van der Waals surface area contributed by atoms with E-state index in [0.29, 0.717) is 9.99 Å². The minimum Gasteiger partial charge on any atom is -0.388 e. The van der Waals surface area contributed by atoms with Gasteiger partial charge in [0.15, 0.2) is 0 Å². The molecule has 1 aromatic carbocycles. The highest BCUT2D eigenvalue weighted by atomic mass is 127. The van der Waals surface area contributed by atoms with Gasteiger partial charge in [-0.2, -0.15) is 13.2 Å². The van der Waals surface area contributed by atoms with Crippen molar-refractivity contribution in [2.45, 2.75) is 12.3 Å². The molecule has 0 aromatic heterocycles. The van der Waals surface area contributed by atoms with Crippen LogP contribution in [0, 0.1) is 0 Å². The molecule has 5 heteroatoms. The quantitative estimate of drug-likeness (QED) is 0.656. The summed E-state index contributed by atoms with van der Waals surface area (Å²) < 4.78 is 36.9. The van der Waals surface area contributed by atoms with Gasteiger partial charge >= 0.3 is 6.18 Å². The Bertz CT molecular complexity index is 294. The van der Waals surface area contributed by atoms with Crippen LogP contribution in [0.15, 0.2) is 24.3 Å². The molecule has 0 radical (unpaired) electrons. The van der Waals surface area contributed by atoms with Gasteiger partial charge in [-0.15, -0.1) is 0 Å². The van der Waals surface area contributed by atoms with Crippen LogP contribution in [0.5, 0.6) is 0 Å². The maximum atomic E-state index is 12.1. The van der Waals surface area contributed by atoms with E-state index in [1.807, 2.05) is 22.6 Å². The molecule has 1 nitrogen and oxygen atoms in total. The van der Waals surface area contributed by atoms with Crippen LogP contribution >= 0.6 is 22.6 Å². The standard InChI is InChI=1S/C9H8F3IO/c10-9(11,12)7-3-1-6(2-4-7)8(14)5-13/h1-4,8,14H,5H2. The Balaban J connectivity index is 2.89. The summed E-state index contributed by atoms with van der Waals surface area (Å²) >= 11 is 1.97. The number of benzene rings is 1. The predicted molar refractivity (Wildman–Crippen MR) is 55.3 cm³/mol. The smallest absolute Gasteiger partial charge is 0.388 e. The lowest BCUT2D eigenvalue weighted by molar-refractivity contribution is -0.137. The van der Waals surface area contributed by atoms with E-state index in [1.165, 1.54) is 12.1 Å². The summed E-state index contributed by atoms with van der Waals surface area (Å²) in [6.07, 6.45) is -5.01. The zero-order valence-electron chi connectivity index (χ0n) is 7.05. The summed E-state index contributed by atoms with van der Waals surface area (Å²) in [5.74, 6) is 0. The molecule has 1 rings (SSSR count). The Labute approximate surface area is 93.1 Å². The van der Waals surface area contributed by atoms with Crippen LogP contribution in [0.1, 0.15) is 17.2 Å². The van der Waals surface area contributed by atoms with E-state index in [4.69, 9.17) is 0 Å². The zero-order chi connectivity index (χ0) is 10.8. The lowest BCUT2D eigenvalue weighted by Gasteiger charge is -2.10. The van der Waals surface area contributed by atoms with Crippen LogP contribution in [0.4, 0.5) is 13.2 Å². The van der Waals surface area contributed by atoms with Crippen LogP contribution in [0.25, 0.3) is 0 Å². The normalized spacial score (nSPS) is 14.1. The molecule has 78 valence electrons. The first-order valence-electron chi connectivity index (χ1n) is 3.86. The minimum absolute atomic E-state index is 0.461. The molecular weight excluding hydrogens is 308 g/mol. The van der Waals surface area contributed by atoms with Gasteiger partial charge in [-0.05, 0) is 17.7 Å². The average molecular weight is 316 g/mol. The van der Waals surface area contributed by atoms with Crippen molar-refractivity contribution in [3.05, 3.63) is 35.4 Å². The molecule has 14 heavy (non-hydrogen) atoms. The Morgan fingerprint density at radius 2 is 1.71 bits per heavy atom. The fourth-order valence-corrected chi connectivity index (χ4v) is 1.49. The summed E-state index contributed by atoms with van der Waals surface area (Å²) in [5, 5.41) is 9.33. The number of rotatable bonds is 2. The van der Waals surface area contributed by atoms with Crippen LogP contribution in [-0.2, 0) is 6.18 Å². The average Bonchev–Trinajstić information content (AvgIpc) is 2.15. The molecular formula is C9H8F3IO. The molecule has 1 unspecified atom stereocenters. The number of hydrogen-bond donors (Lipinski definition) is 1. The van der Waals surface area contributed by atoms with Crippen molar-refractivity contribution in [2.24, 2.45) is 0 Å². The van der Waals surface area contributed by atoms with E-state index in [2.05, 4.69) is 0 Å². The van der Waals surface area contributed by atoms with Gasteiger partial charge in [-0.1, -0.05) is 34.7 Å². The van der Waals surface area contributed by atoms with Crippen molar-refractivity contribution < 1.29 is 18.3 Å². The first kappa shape index (κ1) is 11.8. The fraction of sp³-hybridized carbons (Fsp3) is 0.333. The molecule has 0 bridgehead atoms. The Hall–Kier alpha value is -0.300. The van der Waals surface area contributed by atoms with Crippen molar-refractivity contribution in [2.75, 3.05) is 4.43 Å². The van der Waals surface area contributed by atoms with Gasteiger partial charge in [0.1, 0.15) is 0 Å². The van der Waals surface area contributed by atoms with E-state index >= 15 is 0 Å². The molecule has 0 aliphatic carbocycles. The Kier molecular flexibility index (Phi) is 3.77. The predicted octanol–water partition coefficient (Wildman–Crippen LogP) is 3.17. The molecule has 0 amide bonds. The number of aliphatic hydroxyl groups is 1. The second kappa shape index (κ2) is 4.48. The highest BCUT2D eigenvalue weighted by Gasteiger charge is 2.30. The number of aliphatic hydroxyl groups excluding tert-OH is 1. The van der Waals surface area contributed by atoms with Gasteiger partial charge < -0.3 is 5.11 Å². The van der Waals surface area contributed by atoms with Gasteiger partial charge in [0.25, 0.3) is 0 Å². The SMILES string of the molecule is OC(CI)c1ccc(C(F)(F)F)cc1. The minimum atomic E-state index is -4.31. The van der Waals surface area contributed by atoms with Gasteiger partial charge in [0.2, 0.25) is 0 Å². The Morgan fingerprint density at radius 3 is 2.07 bits per heavy atom. The van der Waals surface area contributed by atoms with Gasteiger partial charge in [-0.25, -0.2) is 0 Å². The summed E-state index contributed by atoms with van der Waals surface area (Å²) in [6.45, 7) is 0. The molecule has 0 heterocycles. The first-order valence-corrected chi connectivity index (χ1v) is 5.39. The van der Waals surface area contributed by atoms with Crippen molar-refractivity contribution in [1.29, 1.82) is 0 Å². The summed E-state index contributed by atoms with van der Waals surface area (Å²) in [7, 11) is 0. The fourth-order valence-electron chi connectivity index (χ4n) is 0.983. The Morgan fingerprint density at radius 1 is 1.21 bits per heavy atom. The van der Waals surface area contributed by atoms with E-state index < -0.39 is 17.8 Å². The highest BCUT2D eigenvalue weighted by Crippen LogP contribution is 2.30. The second-order valence-corrected chi connectivity index (χ2v) is 3.67. The molecule has 0 saturated heterocycles. The molecule has 1 aromatic rings. The van der Waals surface area contributed by atoms with Crippen LogP contribution in [0.3, 0.4) is 0 Å². The summed E-state index contributed by atoms with van der Waals surface area (Å²) in [6, 6.07) is 4.55. The topological polar surface area (TPSA) is 20.2 Å². The number of hydrogen-bond acceptors (Lipinski definition) is 1. The van der Waals surface area contributed by atoms with Gasteiger partial charge in [0.05, 0.1) is 11.7 Å². The van der Waals surface area contributed by atoms with Gasteiger partial charge in [0, 0.05) is 4.43 Å². The monoisotopic (exact) mass is 316 g/mol. The van der Waals surface area contributed by atoms with E-state index in [1.54, 1.807) is 0 Å². The van der Waals surface area contributed by atoms with Crippen molar-refractivity contribution >= 4 is 22.6 Å². The third kappa shape index (κ3) is 2.84. The van der Waals surface area contributed by atoms with Crippen molar-refractivity contribution in [1.82, 2.24) is 0 Å². The van der Waals surface area contributed by atoms with Crippen LogP contribution in [0.2, 0.25) is 0 Å². The molecule has 0 saturated carbocycles. The maximum absolute atomic E-state index is 12.1. The van der Waals surface area contributed by atoms with Crippen LogP contribution < -0.4 is 0 Å². The number of alkyl halides is 4. The van der Waals surface area contributed by atoms with Crippen molar-refractivity contribution in [3.8, 4) is 0 Å². The van der Waals surface area contributed by atoms with E-state index in [-0.39, 0.29) is 0 Å². The molecule has 0 aliphatic heterocycles.